The number of esters is 1. The number of benzene rings is 2. The van der Waals surface area contributed by atoms with Gasteiger partial charge in [-0.05, 0) is 60.4 Å². The lowest BCUT2D eigenvalue weighted by Gasteiger charge is -2.30. The van der Waals surface area contributed by atoms with E-state index in [0.717, 1.165) is 41.4 Å². The number of ether oxygens (including phenoxy) is 1. The summed E-state index contributed by atoms with van der Waals surface area (Å²) in [5.74, 6) is 0.544. The van der Waals surface area contributed by atoms with Gasteiger partial charge in [-0.15, -0.1) is 10.2 Å². The van der Waals surface area contributed by atoms with Crippen molar-refractivity contribution in [2.24, 2.45) is 0 Å². The van der Waals surface area contributed by atoms with Crippen molar-refractivity contribution in [2.75, 3.05) is 12.4 Å². The summed E-state index contributed by atoms with van der Waals surface area (Å²) in [6, 6.07) is 12.8. The molecule has 0 saturated heterocycles. The van der Waals surface area contributed by atoms with Crippen LogP contribution in [0.2, 0.25) is 0 Å². The Morgan fingerprint density at radius 1 is 1.24 bits per heavy atom. The number of hydrogen-bond acceptors (Lipinski definition) is 7. The SMILES string of the molecule is COC(=O)C(=C=O)Nc1ccc(-c2cc3cc(F)c(-c4nn[nH]n4)cc3n2C2CCC2)cc1. The lowest BCUT2D eigenvalue weighted by Crippen LogP contribution is -2.17. The number of aromatic amines is 1. The van der Waals surface area contributed by atoms with Crippen molar-refractivity contribution < 1.29 is 18.7 Å². The Bertz CT molecular complexity index is 1380. The summed E-state index contributed by atoms with van der Waals surface area (Å²) >= 11 is 0. The molecular weight excluding hydrogens is 427 g/mol. The van der Waals surface area contributed by atoms with Gasteiger partial charge in [0.2, 0.25) is 11.5 Å². The van der Waals surface area contributed by atoms with Gasteiger partial charge < -0.3 is 14.6 Å². The molecule has 0 bridgehead atoms. The van der Waals surface area contributed by atoms with E-state index >= 15 is 0 Å². The van der Waals surface area contributed by atoms with Gasteiger partial charge in [0.1, 0.15) is 5.82 Å². The minimum Gasteiger partial charge on any atom is -0.464 e. The van der Waals surface area contributed by atoms with E-state index in [1.54, 1.807) is 24.1 Å². The van der Waals surface area contributed by atoms with Crippen LogP contribution in [0.3, 0.4) is 0 Å². The number of carbonyl (C=O) groups excluding carboxylic acids is 2. The predicted octanol–water partition coefficient (Wildman–Crippen LogP) is 3.65. The van der Waals surface area contributed by atoms with Crippen LogP contribution in [0.4, 0.5) is 10.1 Å². The molecule has 2 aromatic heterocycles. The van der Waals surface area contributed by atoms with Crippen LogP contribution in [0, 0.1) is 5.82 Å². The number of methoxy groups -OCH3 is 1. The molecule has 166 valence electrons. The standard InChI is InChI=1S/C23H19FN6O3/c1-33-23(32)19(12-31)25-15-7-5-13(6-8-15)20-10-14-9-18(24)17(22-26-28-29-27-22)11-21(14)30(20)16-3-2-4-16/h5-11,16,25H,2-4H2,1H3,(H,26,27,28,29). The number of hydrogen-bond donors (Lipinski definition) is 2. The highest BCUT2D eigenvalue weighted by atomic mass is 19.1. The predicted molar refractivity (Wildman–Crippen MR) is 118 cm³/mol. The maximum atomic E-state index is 14.8. The molecule has 0 unspecified atom stereocenters. The summed E-state index contributed by atoms with van der Waals surface area (Å²) in [4.78, 5) is 22.6. The second kappa shape index (κ2) is 8.33. The molecule has 2 aromatic carbocycles. The highest BCUT2D eigenvalue weighted by Crippen LogP contribution is 2.41. The highest BCUT2D eigenvalue weighted by molar-refractivity contribution is 6.00. The molecule has 2 heterocycles. The summed E-state index contributed by atoms with van der Waals surface area (Å²) in [5, 5.41) is 17.2. The number of rotatable bonds is 6. The van der Waals surface area contributed by atoms with Crippen molar-refractivity contribution in [3.8, 4) is 22.6 Å². The Morgan fingerprint density at radius 2 is 2.03 bits per heavy atom. The van der Waals surface area contributed by atoms with E-state index < -0.39 is 11.8 Å². The molecule has 1 aliphatic carbocycles. The summed E-state index contributed by atoms with van der Waals surface area (Å²) in [7, 11) is 1.19. The number of tetrazole rings is 1. The van der Waals surface area contributed by atoms with Crippen LogP contribution in [-0.4, -0.2) is 44.2 Å². The van der Waals surface area contributed by atoms with Crippen LogP contribution >= 0.6 is 0 Å². The zero-order chi connectivity index (χ0) is 22.9. The first-order valence-electron chi connectivity index (χ1n) is 10.4. The van der Waals surface area contributed by atoms with Crippen LogP contribution in [0.25, 0.3) is 33.5 Å². The fraction of sp³-hybridized carbons (Fsp3) is 0.217. The first kappa shape index (κ1) is 20.6. The Hall–Kier alpha value is -4.30. The average molecular weight is 446 g/mol. The van der Waals surface area contributed by atoms with Gasteiger partial charge in [0.05, 0.1) is 12.7 Å². The van der Waals surface area contributed by atoms with Crippen LogP contribution in [-0.2, 0) is 14.3 Å². The Balaban J connectivity index is 1.56. The minimum atomic E-state index is -0.793. The Labute approximate surface area is 187 Å². The van der Waals surface area contributed by atoms with Crippen LogP contribution in [0.1, 0.15) is 25.3 Å². The molecular formula is C23H19FN6O3. The van der Waals surface area contributed by atoms with Gasteiger partial charge in [0.25, 0.3) is 0 Å². The molecule has 5 rings (SSSR count). The molecule has 0 spiro atoms. The molecule has 0 radical (unpaired) electrons. The van der Waals surface area contributed by atoms with Gasteiger partial charge in [-0.3, -0.25) is 0 Å². The van der Waals surface area contributed by atoms with Crippen molar-refractivity contribution in [2.45, 2.75) is 25.3 Å². The molecule has 1 fully saturated rings. The molecule has 2 N–H and O–H groups in total. The largest absolute Gasteiger partial charge is 0.464 e. The number of halogens is 1. The van der Waals surface area contributed by atoms with Gasteiger partial charge in [-0.1, -0.05) is 12.1 Å². The first-order valence-corrected chi connectivity index (χ1v) is 10.4. The second-order valence-corrected chi connectivity index (χ2v) is 7.78. The third-order valence-electron chi connectivity index (χ3n) is 5.90. The number of fused-ring (bicyclic) bond motifs is 1. The number of H-pyrrole nitrogens is 1. The second-order valence-electron chi connectivity index (χ2n) is 7.78. The van der Waals surface area contributed by atoms with Crippen molar-refractivity contribution in [1.29, 1.82) is 0 Å². The summed E-state index contributed by atoms with van der Waals surface area (Å²) in [5.41, 5.74) is 3.29. The van der Waals surface area contributed by atoms with E-state index in [9.17, 15) is 14.0 Å². The first-order chi connectivity index (χ1) is 16.1. The van der Waals surface area contributed by atoms with Crippen molar-refractivity contribution in [3.05, 3.63) is 54.0 Å². The minimum absolute atomic E-state index is 0.206. The molecule has 1 saturated carbocycles. The quantitative estimate of drug-likeness (QED) is 0.264. The zero-order valence-corrected chi connectivity index (χ0v) is 17.6. The van der Waals surface area contributed by atoms with E-state index in [2.05, 4.69) is 35.2 Å². The number of aromatic nitrogens is 5. The fourth-order valence-corrected chi connectivity index (χ4v) is 4.04. The molecule has 1 aliphatic rings. The van der Waals surface area contributed by atoms with Gasteiger partial charge >= 0.3 is 5.97 Å². The van der Waals surface area contributed by atoms with Gasteiger partial charge in [-0.25, -0.2) is 14.0 Å². The lowest BCUT2D eigenvalue weighted by atomic mass is 9.92. The summed E-state index contributed by atoms with van der Waals surface area (Å²) in [6.07, 6.45) is 3.22. The molecule has 9 nitrogen and oxygen atoms in total. The van der Waals surface area contributed by atoms with Crippen LogP contribution in [0.5, 0.6) is 0 Å². The third-order valence-corrected chi connectivity index (χ3v) is 5.90. The van der Waals surface area contributed by atoms with Crippen LogP contribution < -0.4 is 5.32 Å². The van der Waals surface area contributed by atoms with E-state index in [1.807, 2.05) is 18.2 Å². The number of nitrogens with zero attached hydrogens (tertiary/aromatic N) is 4. The van der Waals surface area contributed by atoms with Crippen LogP contribution in [0.15, 0.2) is 48.2 Å². The normalized spacial score (nSPS) is 13.4. The highest BCUT2D eigenvalue weighted by Gasteiger charge is 2.25. The number of carbonyl (C=O) groups is 1. The van der Waals surface area contributed by atoms with Crippen molar-refractivity contribution in [3.63, 3.8) is 0 Å². The molecule has 0 aliphatic heterocycles. The Morgan fingerprint density at radius 3 is 2.64 bits per heavy atom. The summed E-state index contributed by atoms with van der Waals surface area (Å²) in [6.45, 7) is 0. The Kier molecular flexibility index (Phi) is 5.20. The fourth-order valence-electron chi connectivity index (χ4n) is 4.04. The van der Waals surface area contributed by atoms with Gasteiger partial charge in [0, 0.05) is 28.3 Å². The molecule has 4 aromatic rings. The monoisotopic (exact) mass is 446 g/mol. The van der Waals surface area contributed by atoms with E-state index in [0.29, 0.717) is 11.7 Å². The smallest absolute Gasteiger partial charge is 0.366 e. The number of nitrogens with one attached hydrogen (secondary N) is 2. The molecule has 0 atom stereocenters. The zero-order valence-electron chi connectivity index (χ0n) is 17.6. The van der Waals surface area contributed by atoms with Crippen molar-refractivity contribution in [1.82, 2.24) is 25.2 Å². The maximum Gasteiger partial charge on any atom is 0.366 e. The van der Waals surface area contributed by atoms with Crippen molar-refractivity contribution >= 4 is 28.5 Å². The van der Waals surface area contributed by atoms with E-state index in [4.69, 9.17) is 0 Å². The molecule has 33 heavy (non-hydrogen) atoms. The van der Waals surface area contributed by atoms with E-state index in [1.165, 1.54) is 13.2 Å². The maximum absolute atomic E-state index is 14.8. The van der Waals surface area contributed by atoms with Gasteiger partial charge in [0.15, 0.2) is 5.94 Å². The average Bonchev–Trinajstić information content (AvgIpc) is 3.44. The molecule has 0 amide bonds. The summed E-state index contributed by atoms with van der Waals surface area (Å²) < 4.78 is 21.6. The van der Waals surface area contributed by atoms with E-state index in [-0.39, 0.29) is 17.1 Å². The topological polar surface area (TPSA) is 115 Å². The lowest BCUT2D eigenvalue weighted by molar-refractivity contribution is -0.135. The third kappa shape index (κ3) is 3.66. The van der Waals surface area contributed by atoms with Gasteiger partial charge in [-0.2, -0.15) is 5.21 Å². The number of anilines is 1. The molecule has 10 heteroatoms.